The van der Waals surface area contributed by atoms with Crippen LogP contribution in [-0.4, -0.2) is 37.5 Å². The van der Waals surface area contributed by atoms with E-state index in [2.05, 4.69) is 27.9 Å². The van der Waals surface area contributed by atoms with Crippen molar-refractivity contribution in [2.24, 2.45) is 4.99 Å². The number of carbonyl (C=O) groups excluding carboxylic acids is 1. The van der Waals surface area contributed by atoms with Crippen LogP contribution in [0.25, 0.3) is 0 Å². The maximum Gasteiger partial charge on any atom is 0.261 e. The molecule has 0 aromatic carbocycles. The third-order valence-corrected chi connectivity index (χ3v) is 3.77. The molecule has 0 bridgehead atoms. The van der Waals surface area contributed by atoms with Crippen molar-refractivity contribution in [1.82, 2.24) is 16.0 Å². The summed E-state index contributed by atoms with van der Waals surface area (Å²) in [6.07, 6.45) is 3.32. The van der Waals surface area contributed by atoms with Crippen molar-refractivity contribution in [2.45, 2.75) is 32.2 Å². The summed E-state index contributed by atoms with van der Waals surface area (Å²) in [5.74, 6) is 0.895. The molecular formula is C14H22N4OS. The summed E-state index contributed by atoms with van der Waals surface area (Å²) >= 11 is 1.46. The van der Waals surface area contributed by atoms with Gasteiger partial charge in [-0.05, 0) is 37.6 Å². The van der Waals surface area contributed by atoms with Gasteiger partial charge < -0.3 is 16.0 Å². The molecule has 5 nitrogen and oxygen atoms in total. The Hall–Kier alpha value is -1.56. The number of carbonyl (C=O) groups is 1. The fraction of sp³-hybridized carbons (Fsp3) is 0.571. The average molecular weight is 294 g/mol. The van der Waals surface area contributed by atoms with Crippen LogP contribution < -0.4 is 16.0 Å². The van der Waals surface area contributed by atoms with E-state index in [1.54, 1.807) is 0 Å². The van der Waals surface area contributed by atoms with Gasteiger partial charge in [0.25, 0.3) is 5.91 Å². The van der Waals surface area contributed by atoms with E-state index in [9.17, 15) is 4.79 Å². The monoisotopic (exact) mass is 294 g/mol. The number of amides is 1. The van der Waals surface area contributed by atoms with E-state index < -0.39 is 0 Å². The SMILES string of the molecule is CCNC(=NCCCNC(=O)c1cccs1)NC1CC1. The molecule has 0 unspecified atom stereocenters. The van der Waals surface area contributed by atoms with Gasteiger partial charge in [0.1, 0.15) is 0 Å². The van der Waals surface area contributed by atoms with Gasteiger partial charge in [-0.1, -0.05) is 6.07 Å². The fourth-order valence-corrected chi connectivity index (χ4v) is 2.35. The first kappa shape index (κ1) is 14.8. The van der Waals surface area contributed by atoms with Gasteiger partial charge in [0.05, 0.1) is 4.88 Å². The number of rotatable bonds is 7. The Morgan fingerprint density at radius 3 is 2.95 bits per heavy atom. The lowest BCUT2D eigenvalue weighted by Gasteiger charge is -2.10. The van der Waals surface area contributed by atoms with Crippen LogP contribution in [0.2, 0.25) is 0 Å². The Morgan fingerprint density at radius 2 is 2.30 bits per heavy atom. The zero-order valence-electron chi connectivity index (χ0n) is 11.8. The number of nitrogens with zero attached hydrogens (tertiary/aromatic N) is 1. The highest BCUT2D eigenvalue weighted by atomic mass is 32.1. The molecular weight excluding hydrogens is 272 g/mol. The van der Waals surface area contributed by atoms with Crippen molar-refractivity contribution < 1.29 is 4.79 Å². The van der Waals surface area contributed by atoms with E-state index in [4.69, 9.17) is 0 Å². The smallest absolute Gasteiger partial charge is 0.261 e. The van der Waals surface area contributed by atoms with Gasteiger partial charge in [0, 0.05) is 25.7 Å². The summed E-state index contributed by atoms with van der Waals surface area (Å²) in [5, 5.41) is 11.4. The van der Waals surface area contributed by atoms with Crippen LogP contribution in [-0.2, 0) is 0 Å². The minimum absolute atomic E-state index is 0.00647. The van der Waals surface area contributed by atoms with E-state index in [-0.39, 0.29) is 5.91 Å². The van der Waals surface area contributed by atoms with Crippen LogP contribution >= 0.6 is 11.3 Å². The van der Waals surface area contributed by atoms with Crippen molar-refractivity contribution in [1.29, 1.82) is 0 Å². The van der Waals surface area contributed by atoms with Crippen LogP contribution in [0.1, 0.15) is 35.9 Å². The van der Waals surface area contributed by atoms with Gasteiger partial charge in [0.2, 0.25) is 0 Å². The second-order valence-electron chi connectivity index (χ2n) is 4.77. The molecule has 3 N–H and O–H groups in total. The lowest BCUT2D eigenvalue weighted by Crippen LogP contribution is -2.38. The quantitative estimate of drug-likeness (QED) is 0.406. The Kier molecular flexibility index (Phi) is 5.86. The second kappa shape index (κ2) is 7.89. The molecule has 0 spiro atoms. The van der Waals surface area contributed by atoms with Crippen LogP contribution in [0.15, 0.2) is 22.5 Å². The standard InChI is InChI=1S/C14H22N4OS/c1-2-15-14(18-11-6-7-11)17-9-4-8-16-13(19)12-5-3-10-20-12/h3,5,10-11H,2,4,6-9H2,1H3,(H,16,19)(H2,15,17,18). The van der Waals surface area contributed by atoms with Crippen molar-refractivity contribution in [2.75, 3.05) is 19.6 Å². The Morgan fingerprint density at radius 1 is 1.45 bits per heavy atom. The van der Waals surface area contributed by atoms with Crippen LogP contribution in [0, 0.1) is 0 Å². The van der Waals surface area contributed by atoms with Crippen molar-refractivity contribution >= 4 is 23.2 Å². The molecule has 2 rings (SSSR count). The predicted molar refractivity (Wildman–Crippen MR) is 83.4 cm³/mol. The van der Waals surface area contributed by atoms with E-state index in [1.807, 2.05) is 17.5 Å². The van der Waals surface area contributed by atoms with E-state index in [1.165, 1.54) is 24.2 Å². The third-order valence-electron chi connectivity index (χ3n) is 2.90. The molecule has 1 aromatic heterocycles. The molecule has 0 aliphatic heterocycles. The van der Waals surface area contributed by atoms with Crippen LogP contribution in [0.3, 0.4) is 0 Å². The zero-order valence-corrected chi connectivity index (χ0v) is 12.6. The normalized spacial score (nSPS) is 14.9. The van der Waals surface area contributed by atoms with Gasteiger partial charge in [-0.2, -0.15) is 0 Å². The zero-order chi connectivity index (χ0) is 14.2. The summed E-state index contributed by atoms with van der Waals surface area (Å²) in [4.78, 5) is 17.0. The molecule has 0 saturated heterocycles. The maximum atomic E-state index is 11.7. The molecule has 1 amide bonds. The largest absolute Gasteiger partial charge is 0.357 e. The Labute approximate surface area is 123 Å². The molecule has 0 radical (unpaired) electrons. The number of hydrogen-bond acceptors (Lipinski definition) is 3. The summed E-state index contributed by atoms with van der Waals surface area (Å²) in [6, 6.07) is 4.32. The number of guanidine groups is 1. The topological polar surface area (TPSA) is 65.5 Å². The molecule has 110 valence electrons. The Balaban J connectivity index is 1.62. The van der Waals surface area contributed by atoms with Gasteiger partial charge in [-0.3, -0.25) is 9.79 Å². The molecule has 6 heteroatoms. The summed E-state index contributed by atoms with van der Waals surface area (Å²) in [5.41, 5.74) is 0. The molecule has 1 heterocycles. The van der Waals surface area contributed by atoms with Crippen LogP contribution in [0.4, 0.5) is 0 Å². The molecule has 20 heavy (non-hydrogen) atoms. The lowest BCUT2D eigenvalue weighted by molar-refractivity contribution is 0.0957. The molecule has 1 fully saturated rings. The second-order valence-corrected chi connectivity index (χ2v) is 5.71. The van der Waals surface area contributed by atoms with Crippen molar-refractivity contribution in [3.05, 3.63) is 22.4 Å². The van der Waals surface area contributed by atoms with Gasteiger partial charge >= 0.3 is 0 Å². The average Bonchev–Trinajstić information content (AvgIpc) is 3.08. The molecule has 1 saturated carbocycles. The number of thiophene rings is 1. The fourth-order valence-electron chi connectivity index (χ4n) is 1.71. The molecule has 1 aromatic rings. The summed E-state index contributed by atoms with van der Waals surface area (Å²) < 4.78 is 0. The molecule has 0 atom stereocenters. The highest BCUT2D eigenvalue weighted by molar-refractivity contribution is 7.12. The van der Waals surface area contributed by atoms with E-state index >= 15 is 0 Å². The number of nitrogens with one attached hydrogen (secondary N) is 3. The summed E-state index contributed by atoms with van der Waals surface area (Å²) in [7, 11) is 0. The van der Waals surface area contributed by atoms with Gasteiger partial charge in [-0.15, -0.1) is 11.3 Å². The highest BCUT2D eigenvalue weighted by Crippen LogP contribution is 2.18. The maximum absolute atomic E-state index is 11.7. The van der Waals surface area contributed by atoms with Crippen molar-refractivity contribution in [3.63, 3.8) is 0 Å². The molecule has 1 aliphatic carbocycles. The summed E-state index contributed by atoms with van der Waals surface area (Å²) in [6.45, 7) is 4.30. The molecule has 1 aliphatic rings. The number of aliphatic imine (C=N–C) groups is 1. The predicted octanol–water partition coefficient (Wildman–Crippen LogP) is 1.59. The lowest BCUT2D eigenvalue weighted by atomic mass is 10.4. The first-order valence-electron chi connectivity index (χ1n) is 7.16. The van der Waals surface area contributed by atoms with Gasteiger partial charge in [-0.25, -0.2) is 0 Å². The van der Waals surface area contributed by atoms with Crippen molar-refractivity contribution in [3.8, 4) is 0 Å². The highest BCUT2D eigenvalue weighted by Gasteiger charge is 2.21. The minimum Gasteiger partial charge on any atom is -0.357 e. The first-order chi connectivity index (χ1) is 9.79. The third kappa shape index (κ3) is 5.21. The van der Waals surface area contributed by atoms with E-state index in [0.29, 0.717) is 19.1 Å². The van der Waals surface area contributed by atoms with E-state index in [0.717, 1.165) is 23.8 Å². The first-order valence-corrected chi connectivity index (χ1v) is 8.04. The number of hydrogen-bond donors (Lipinski definition) is 3. The Bertz CT molecular complexity index is 440. The van der Waals surface area contributed by atoms with Crippen LogP contribution in [0.5, 0.6) is 0 Å². The van der Waals surface area contributed by atoms with Gasteiger partial charge in [0.15, 0.2) is 5.96 Å². The minimum atomic E-state index is 0.00647.